The molecule has 0 spiro atoms. The Balaban J connectivity index is 2.92. The fourth-order valence-electron chi connectivity index (χ4n) is 1.55. The number of carbonyl (C=O) groups is 1. The quantitative estimate of drug-likeness (QED) is 0.738. The van der Waals surface area contributed by atoms with Gasteiger partial charge in [0.2, 0.25) is 5.91 Å². The first-order valence-corrected chi connectivity index (χ1v) is 4.75. The molecule has 3 N–H and O–H groups in total. The van der Waals surface area contributed by atoms with Gasteiger partial charge >= 0.3 is 0 Å². The smallest absolute Gasteiger partial charge is 0.237 e. The summed E-state index contributed by atoms with van der Waals surface area (Å²) in [5, 5.41) is 2.85. The van der Waals surface area contributed by atoms with Crippen molar-refractivity contribution >= 4 is 5.91 Å². The molecule has 1 unspecified atom stereocenters. The third-order valence-electron chi connectivity index (χ3n) is 2.30. The van der Waals surface area contributed by atoms with E-state index in [0.29, 0.717) is 0 Å². The Morgan fingerprint density at radius 3 is 2.40 bits per heavy atom. The number of rotatable bonds is 5. The summed E-state index contributed by atoms with van der Waals surface area (Å²) in [5.41, 5.74) is 6.21. The number of carbonyl (C=O) groups excluding carboxylic acids is 1. The van der Waals surface area contributed by atoms with Crippen LogP contribution in [0.1, 0.15) is 11.7 Å². The molecule has 0 radical (unpaired) electrons. The highest BCUT2D eigenvalue weighted by molar-refractivity contribution is 5.80. The molecule has 1 amide bonds. The van der Waals surface area contributed by atoms with E-state index >= 15 is 0 Å². The second kappa shape index (κ2) is 5.48. The van der Waals surface area contributed by atoms with Crippen molar-refractivity contribution in [2.24, 2.45) is 5.73 Å². The van der Waals surface area contributed by atoms with Gasteiger partial charge < -0.3 is 15.8 Å². The van der Waals surface area contributed by atoms with E-state index in [9.17, 15) is 4.79 Å². The van der Waals surface area contributed by atoms with E-state index in [1.165, 1.54) is 0 Å². The number of nitrogens with one attached hydrogen (secondary N) is 1. The van der Waals surface area contributed by atoms with Crippen LogP contribution >= 0.6 is 0 Å². The molecule has 4 nitrogen and oxygen atoms in total. The molecule has 15 heavy (non-hydrogen) atoms. The van der Waals surface area contributed by atoms with Crippen LogP contribution in [0.4, 0.5) is 0 Å². The van der Waals surface area contributed by atoms with E-state index in [0.717, 1.165) is 5.56 Å². The fraction of sp³-hybridized carbons (Fsp3) is 0.364. The molecule has 0 aliphatic carbocycles. The zero-order valence-electron chi connectivity index (χ0n) is 8.94. The lowest BCUT2D eigenvalue weighted by Gasteiger charge is -2.23. The number of likely N-dealkylation sites (N-methyl/N-ethyl adjacent to an activating group) is 1. The minimum atomic E-state index is -0.516. The summed E-state index contributed by atoms with van der Waals surface area (Å²) in [5.74, 6) is -0.423. The minimum Gasteiger partial charge on any atom is -0.375 e. The van der Waals surface area contributed by atoms with Crippen LogP contribution < -0.4 is 11.1 Å². The van der Waals surface area contributed by atoms with E-state index in [2.05, 4.69) is 5.32 Å². The second-order valence-corrected chi connectivity index (χ2v) is 3.24. The first kappa shape index (κ1) is 11.7. The van der Waals surface area contributed by atoms with Gasteiger partial charge in [-0.25, -0.2) is 0 Å². The van der Waals surface area contributed by atoms with Crippen LogP contribution in [0, 0.1) is 0 Å². The normalized spacial score (nSPS) is 14.5. The molecular formula is C11H16N2O2. The molecule has 0 heterocycles. The lowest BCUT2D eigenvalue weighted by atomic mass is 10.0. The van der Waals surface area contributed by atoms with Crippen molar-refractivity contribution in [3.05, 3.63) is 35.9 Å². The highest BCUT2D eigenvalue weighted by Gasteiger charge is 2.25. The predicted octanol–water partition coefficient (Wildman–Crippen LogP) is 0.447. The van der Waals surface area contributed by atoms with Gasteiger partial charge in [0.15, 0.2) is 0 Å². The molecule has 0 bridgehead atoms. The van der Waals surface area contributed by atoms with Crippen LogP contribution in [0.5, 0.6) is 0 Å². The highest BCUT2D eigenvalue weighted by atomic mass is 16.5. The number of primary amides is 1. The molecule has 0 aliphatic heterocycles. The van der Waals surface area contributed by atoms with Gasteiger partial charge in [-0.1, -0.05) is 30.3 Å². The lowest BCUT2D eigenvalue weighted by molar-refractivity contribution is -0.123. The number of hydrogen-bond acceptors (Lipinski definition) is 3. The number of methoxy groups -OCH3 is 1. The fourth-order valence-corrected chi connectivity index (χ4v) is 1.55. The molecule has 0 fully saturated rings. The van der Waals surface area contributed by atoms with Gasteiger partial charge in [0, 0.05) is 7.11 Å². The summed E-state index contributed by atoms with van der Waals surface area (Å²) in [6.07, 6.45) is -0.353. The third-order valence-corrected chi connectivity index (χ3v) is 2.30. The summed E-state index contributed by atoms with van der Waals surface area (Å²) in [7, 11) is 3.25. The Morgan fingerprint density at radius 1 is 1.40 bits per heavy atom. The lowest BCUT2D eigenvalue weighted by Crippen LogP contribution is -2.44. The molecule has 0 aromatic heterocycles. The first-order chi connectivity index (χ1) is 7.20. The van der Waals surface area contributed by atoms with Crippen LogP contribution in [-0.2, 0) is 9.53 Å². The topological polar surface area (TPSA) is 64.3 Å². The second-order valence-electron chi connectivity index (χ2n) is 3.24. The Hall–Kier alpha value is -1.39. The molecule has 0 saturated carbocycles. The first-order valence-electron chi connectivity index (χ1n) is 4.75. The Kier molecular flexibility index (Phi) is 4.27. The van der Waals surface area contributed by atoms with Gasteiger partial charge in [-0.05, 0) is 12.6 Å². The van der Waals surface area contributed by atoms with E-state index in [-0.39, 0.29) is 6.10 Å². The Labute approximate surface area is 89.4 Å². The molecule has 0 aliphatic rings. The van der Waals surface area contributed by atoms with Gasteiger partial charge in [-0.2, -0.15) is 0 Å². The van der Waals surface area contributed by atoms with Crippen molar-refractivity contribution in [1.29, 1.82) is 0 Å². The van der Waals surface area contributed by atoms with Gasteiger partial charge in [0.1, 0.15) is 12.1 Å². The summed E-state index contributed by atoms with van der Waals surface area (Å²) in [4.78, 5) is 11.2. The minimum absolute atomic E-state index is 0.353. The summed E-state index contributed by atoms with van der Waals surface area (Å²) < 4.78 is 5.29. The highest BCUT2D eigenvalue weighted by Crippen LogP contribution is 2.19. The predicted molar refractivity (Wildman–Crippen MR) is 58.2 cm³/mol. The maximum Gasteiger partial charge on any atom is 0.237 e. The van der Waals surface area contributed by atoms with Crippen molar-refractivity contribution in [2.45, 2.75) is 12.1 Å². The van der Waals surface area contributed by atoms with Crippen LogP contribution in [0.15, 0.2) is 30.3 Å². The third kappa shape index (κ3) is 2.78. The maximum absolute atomic E-state index is 11.2. The molecular weight excluding hydrogens is 192 g/mol. The largest absolute Gasteiger partial charge is 0.375 e. The zero-order valence-corrected chi connectivity index (χ0v) is 8.94. The number of nitrogens with two attached hydrogens (primary N) is 1. The number of ether oxygens (including phenoxy) is 1. The molecule has 1 rings (SSSR count). The zero-order chi connectivity index (χ0) is 11.3. The van der Waals surface area contributed by atoms with E-state index in [1.54, 1.807) is 14.2 Å². The van der Waals surface area contributed by atoms with Gasteiger partial charge in [0.25, 0.3) is 0 Å². The van der Waals surface area contributed by atoms with E-state index in [1.807, 2.05) is 30.3 Å². The molecule has 1 aromatic rings. The van der Waals surface area contributed by atoms with Crippen LogP contribution in [0.3, 0.4) is 0 Å². The maximum atomic E-state index is 11.2. The Bertz CT molecular complexity index is 314. The van der Waals surface area contributed by atoms with Gasteiger partial charge in [0.05, 0.1) is 0 Å². The molecule has 0 saturated heterocycles. The number of benzene rings is 1. The van der Waals surface area contributed by atoms with Crippen LogP contribution in [0.25, 0.3) is 0 Å². The van der Waals surface area contributed by atoms with Crippen molar-refractivity contribution in [3.63, 3.8) is 0 Å². The standard InChI is InChI=1S/C11H16N2O2/c1-13-9(11(12)14)10(15-2)8-6-4-3-5-7-8/h3-7,9-10,13H,1-2H3,(H2,12,14)/t9?,10-/m1/s1. The number of hydrogen-bond donors (Lipinski definition) is 2. The van der Waals surface area contributed by atoms with Crippen molar-refractivity contribution in [3.8, 4) is 0 Å². The monoisotopic (exact) mass is 208 g/mol. The SMILES string of the molecule is CNC(C(N)=O)[C@H](OC)c1ccccc1. The van der Waals surface area contributed by atoms with Crippen molar-refractivity contribution in [2.75, 3.05) is 14.2 Å². The van der Waals surface area contributed by atoms with E-state index in [4.69, 9.17) is 10.5 Å². The molecule has 4 heteroatoms. The molecule has 82 valence electrons. The molecule has 2 atom stereocenters. The van der Waals surface area contributed by atoms with E-state index < -0.39 is 11.9 Å². The van der Waals surface area contributed by atoms with Crippen molar-refractivity contribution < 1.29 is 9.53 Å². The summed E-state index contributed by atoms with van der Waals surface area (Å²) in [6.45, 7) is 0. The van der Waals surface area contributed by atoms with Gasteiger partial charge in [-0.3, -0.25) is 4.79 Å². The summed E-state index contributed by atoms with van der Waals surface area (Å²) in [6, 6.07) is 9.00. The molecule has 1 aromatic carbocycles. The van der Waals surface area contributed by atoms with Crippen molar-refractivity contribution in [1.82, 2.24) is 5.32 Å². The average molecular weight is 208 g/mol. The van der Waals surface area contributed by atoms with Crippen LogP contribution in [-0.4, -0.2) is 26.1 Å². The van der Waals surface area contributed by atoms with Gasteiger partial charge in [-0.15, -0.1) is 0 Å². The summed E-state index contributed by atoms with van der Waals surface area (Å²) >= 11 is 0. The number of amides is 1. The van der Waals surface area contributed by atoms with Crippen LogP contribution in [0.2, 0.25) is 0 Å². The average Bonchev–Trinajstić information content (AvgIpc) is 2.26. The Morgan fingerprint density at radius 2 is 2.00 bits per heavy atom.